The summed E-state index contributed by atoms with van der Waals surface area (Å²) in [5.74, 6) is 0.634. The van der Waals surface area contributed by atoms with Gasteiger partial charge in [-0.25, -0.2) is 9.97 Å². The number of ether oxygens (including phenoxy) is 1. The Balaban J connectivity index is 2.56. The third kappa shape index (κ3) is 2.25. The van der Waals surface area contributed by atoms with Gasteiger partial charge in [0.25, 0.3) is 5.56 Å². The molecule has 0 aliphatic heterocycles. The summed E-state index contributed by atoms with van der Waals surface area (Å²) in [5.41, 5.74) is 2.05. The van der Waals surface area contributed by atoms with Crippen LogP contribution in [0.3, 0.4) is 0 Å². The number of aromatic nitrogens is 3. The Hall–Kier alpha value is -2.17. The average Bonchev–Trinajstić information content (AvgIpc) is 2.38. The van der Waals surface area contributed by atoms with Crippen LogP contribution in [0.5, 0.6) is 5.88 Å². The average molecular weight is 245 g/mol. The van der Waals surface area contributed by atoms with E-state index >= 15 is 0 Å². The van der Waals surface area contributed by atoms with Gasteiger partial charge >= 0.3 is 0 Å². The Morgan fingerprint density at radius 1 is 1.28 bits per heavy atom. The SMILES string of the molecule is COc1ccc(-c2nc[nH]c(=O)c2C(C)C)cn1. The van der Waals surface area contributed by atoms with E-state index in [0.717, 1.165) is 5.56 Å². The molecule has 94 valence electrons. The molecule has 5 heteroatoms. The van der Waals surface area contributed by atoms with Crippen molar-refractivity contribution >= 4 is 0 Å². The molecule has 0 aromatic carbocycles. The second-order valence-corrected chi connectivity index (χ2v) is 4.24. The number of pyridine rings is 1. The largest absolute Gasteiger partial charge is 0.481 e. The van der Waals surface area contributed by atoms with Gasteiger partial charge in [-0.05, 0) is 12.0 Å². The summed E-state index contributed by atoms with van der Waals surface area (Å²) in [4.78, 5) is 22.8. The van der Waals surface area contributed by atoms with E-state index in [9.17, 15) is 4.79 Å². The van der Waals surface area contributed by atoms with Crippen molar-refractivity contribution in [2.75, 3.05) is 7.11 Å². The monoisotopic (exact) mass is 245 g/mol. The van der Waals surface area contributed by atoms with Gasteiger partial charge in [0.2, 0.25) is 5.88 Å². The molecule has 2 aromatic rings. The van der Waals surface area contributed by atoms with Crippen molar-refractivity contribution < 1.29 is 4.74 Å². The minimum atomic E-state index is -0.106. The van der Waals surface area contributed by atoms with Crippen LogP contribution < -0.4 is 10.3 Å². The van der Waals surface area contributed by atoms with Gasteiger partial charge < -0.3 is 9.72 Å². The van der Waals surface area contributed by atoms with Crippen LogP contribution in [0.25, 0.3) is 11.3 Å². The van der Waals surface area contributed by atoms with E-state index < -0.39 is 0 Å². The predicted octanol–water partition coefficient (Wildman–Crippen LogP) is 1.96. The highest BCUT2D eigenvalue weighted by molar-refractivity contribution is 5.62. The lowest BCUT2D eigenvalue weighted by molar-refractivity contribution is 0.398. The lowest BCUT2D eigenvalue weighted by Crippen LogP contribution is -2.16. The number of rotatable bonds is 3. The molecule has 2 aromatic heterocycles. The highest BCUT2D eigenvalue weighted by Crippen LogP contribution is 2.24. The van der Waals surface area contributed by atoms with Crippen molar-refractivity contribution in [1.29, 1.82) is 0 Å². The number of H-pyrrole nitrogens is 1. The molecule has 0 saturated heterocycles. The molecule has 18 heavy (non-hydrogen) atoms. The normalized spacial score (nSPS) is 10.7. The summed E-state index contributed by atoms with van der Waals surface area (Å²) in [6.07, 6.45) is 3.07. The molecule has 0 saturated carbocycles. The number of hydrogen-bond donors (Lipinski definition) is 1. The molecular formula is C13H15N3O2. The first-order valence-electron chi connectivity index (χ1n) is 5.71. The molecule has 0 atom stereocenters. The van der Waals surface area contributed by atoms with Crippen LogP contribution in [0.15, 0.2) is 29.5 Å². The van der Waals surface area contributed by atoms with Gasteiger partial charge in [0.05, 0.1) is 19.1 Å². The summed E-state index contributed by atoms with van der Waals surface area (Å²) in [5, 5.41) is 0. The first kappa shape index (κ1) is 12.3. The van der Waals surface area contributed by atoms with Crippen LogP contribution in [-0.2, 0) is 0 Å². The second-order valence-electron chi connectivity index (χ2n) is 4.24. The Morgan fingerprint density at radius 2 is 2.06 bits per heavy atom. The Bertz CT molecular complexity index is 588. The van der Waals surface area contributed by atoms with E-state index in [1.807, 2.05) is 19.9 Å². The lowest BCUT2D eigenvalue weighted by atomic mass is 9.99. The third-order valence-corrected chi connectivity index (χ3v) is 2.69. The van der Waals surface area contributed by atoms with Gasteiger partial charge in [-0.3, -0.25) is 4.79 Å². The van der Waals surface area contributed by atoms with Crippen molar-refractivity contribution in [1.82, 2.24) is 15.0 Å². The number of hydrogen-bond acceptors (Lipinski definition) is 4. The van der Waals surface area contributed by atoms with Gasteiger partial charge in [0.15, 0.2) is 0 Å². The second kappa shape index (κ2) is 5.00. The summed E-state index contributed by atoms with van der Waals surface area (Å²) < 4.78 is 5.01. The van der Waals surface area contributed by atoms with Crippen molar-refractivity contribution in [3.63, 3.8) is 0 Å². The van der Waals surface area contributed by atoms with E-state index in [2.05, 4.69) is 15.0 Å². The quantitative estimate of drug-likeness (QED) is 0.897. The minimum absolute atomic E-state index is 0.0968. The molecule has 0 unspecified atom stereocenters. The van der Waals surface area contributed by atoms with Crippen molar-refractivity contribution in [3.8, 4) is 17.1 Å². The van der Waals surface area contributed by atoms with Gasteiger partial charge in [0, 0.05) is 23.4 Å². The van der Waals surface area contributed by atoms with Gasteiger partial charge in [-0.1, -0.05) is 13.8 Å². The first-order valence-corrected chi connectivity index (χ1v) is 5.71. The zero-order chi connectivity index (χ0) is 13.1. The van der Waals surface area contributed by atoms with Crippen molar-refractivity contribution in [2.45, 2.75) is 19.8 Å². The maximum Gasteiger partial charge on any atom is 0.254 e. The van der Waals surface area contributed by atoms with E-state index in [4.69, 9.17) is 4.74 Å². The number of methoxy groups -OCH3 is 1. The van der Waals surface area contributed by atoms with Gasteiger partial charge in [0.1, 0.15) is 0 Å². The fourth-order valence-corrected chi connectivity index (χ4v) is 1.82. The van der Waals surface area contributed by atoms with Crippen LogP contribution in [0.2, 0.25) is 0 Å². The van der Waals surface area contributed by atoms with E-state index in [-0.39, 0.29) is 11.5 Å². The molecule has 0 amide bonds. The Kier molecular flexibility index (Phi) is 3.41. The summed E-state index contributed by atoms with van der Waals surface area (Å²) in [7, 11) is 1.56. The fourth-order valence-electron chi connectivity index (χ4n) is 1.82. The number of aromatic amines is 1. The Morgan fingerprint density at radius 3 is 2.61 bits per heavy atom. The standard InChI is InChI=1S/C13H15N3O2/c1-8(2)11-12(15-7-16-13(11)17)9-4-5-10(18-3)14-6-9/h4-8H,1-3H3,(H,15,16,17). The maximum atomic E-state index is 11.8. The molecule has 0 bridgehead atoms. The van der Waals surface area contributed by atoms with E-state index in [1.54, 1.807) is 19.4 Å². The number of nitrogens with one attached hydrogen (secondary N) is 1. The van der Waals surface area contributed by atoms with Crippen molar-refractivity contribution in [2.24, 2.45) is 0 Å². The highest BCUT2D eigenvalue weighted by Gasteiger charge is 2.14. The minimum Gasteiger partial charge on any atom is -0.481 e. The topological polar surface area (TPSA) is 67.9 Å². The molecule has 0 radical (unpaired) electrons. The zero-order valence-electron chi connectivity index (χ0n) is 10.6. The molecule has 5 nitrogen and oxygen atoms in total. The third-order valence-electron chi connectivity index (χ3n) is 2.69. The molecule has 2 heterocycles. The fraction of sp³-hybridized carbons (Fsp3) is 0.308. The summed E-state index contributed by atoms with van der Waals surface area (Å²) >= 11 is 0. The number of nitrogens with zero attached hydrogens (tertiary/aromatic N) is 2. The van der Waals surface area contributed by atoms with Crippen LogP contribution in [0, 0.1) is 0 Å². The molecule has 2 rings (SSSR count). The molecule has 0 fully saturated rings. The van der Waals surface area contributed by atoms with Crippen LogP contribution in [-0.4, -0.2) is 22.1 Å². The highest BCUT2D eigenvalue weighted by atomic mass is 16.5. The van der Waals surface area contributed by atoms with E-state index in [0.29, 0.717) is 17.1 Å². The maximum absolute atomic E-state index is 11.8. The first-order chi connectivity index (χ1) is 8.63. The molecule has 1 N–H and O–H groups in total. The lowest BCUT2D eigenvalue weighted by Gasteiger charge is -2.10. The van der Waals surface area contributed by atoms with Gasteiger partial charge in [-0.2, -0.15) is 0 Å². The molecular weight excluding hydrogens is 230 g/mol. The zero-order valence-corrected chi connectivity index (χ0v) is 10.6. The smallest absolute Gasteiger partial charge is 0.254 e. The van der Waals surface area contributed by atoms with E-state index in [1.165, 1.54) is 6.33 Å². The van der Waals surface area contributed by atoms with Crippen LogP contribution in [0.1, 0.15) is 25.3 Å². The van der Waals surface area contributed by atoms with Crippen molar-refractivity contribution in [3.05, 3.63) is 40.6 Å². The molecule has 0 spiro atoms. The molecule has 0 aliphatic carbocycles. The van der Waals surface area contributed by atoms with Gasteiger partial charge in [-0.15, -0.1) is 0 Å². The van der Waals surface area contributed by atoms with Crippen LogP contribution >= 0.6 is 0 Å². The summed E-state index contributed by atoms with van der Waals surface area (Å²) in [6.45, 7) is 3.93. The Labute approximate surface area is 105 Å². The molecule has 0 aliphatic rings. The van der Waals surface area contributed by atoms with Crippen LogP contribution in [0.4, 0.5) is 0 Å². The summed E-state index contributed by atoms with van der Waals surface area (Å²) in [6, 6.07) is 3.60. The predicted molar refractivity (Wildman–Crippen MR) is 68.7 cm³/mol.